The Labute approximate surface area is 97.8 Å². The van der Waals surface area contributed by atoms with Crippen LogP contribution in [0.3, 0.4) is 0 Å². The molecule has 2 rings (SSSR count). The lowest BCUT2D eigenvalue weighted by Crippen LogP contribution is -2.37. The summed E-state index contributed by atoms with van der Waals surface area (Å²) in [6.07, 6.45) is 6.25. The molecule has 0 saturated carbocycles. The maximum Gasteiger partial charge on any atom is 0.0947 e. The number of nitrogens with zero attached hydrogens (tertiary/aromatic N) is 1. The predicted molar refractivity (Wildman–Crippen MR) is 65.3 cm³/mol. The third kappa shape index (κ3) is 3.65. The van der Waals surface area contributed by atoms with Gasteiger partial charge < -0.3 is 14.6 Å². The molecule has 0 atom stereocenters. The second kappa shape index (κ2) is 6.06. The van der Waals surface area contributed by atoms with E-state index in [2.05, 4.69) is 17.1 Å². The van der Waals surface area contributed by atoms with Crippen LogP contribution in [-0.2, 0) is 6.54 Å². The van der Waals surface area contributed by atoms with E-state index in [-0.39, 0.29) is 0 Å². The molecule has 0 radical (unpaired) electrons. The van der Waals surface area contributed by atoms with E-state index in [0.29, 0.717) is 0 Å². The molecule has 2 heterocycles. The van der Waals surface area contributed by atoms with Crippen molar-refractivity contribution in [2.75, 3.05) is 26.2 Å². The molecule has 0 spiro atoms. The van der Waals surface area contributed by atoms with E-state index in [1.54, 1.807) is 12.5 Å². The standard InChI is InChI=1S/C13H22N2O/c1-12-2-6-15(7-3-12)8-5-14-10-13-4-9-16-11-13/h4,9,11-12,14H,2-3,5-8,10H2,1H3. The van der Waals surface area contributed by atoms with Gasteiger partial charge >= 0.3 is 0 Å². The van der Waals surface area contributed by atoms with E-state index in [0.717, 1.165) is 19.0 Å². The molecule has 3 heteroatoms. The van der Waals surface area contributed by atoms with Crippen LogP contribution in [0.2, 0.25) is 0 Å². The number of hydrogen-bond donors (Lipinski definition) is 1. The van der Waals surface area contributed by atoms with Gasteiger partial charge in [0.2, 0.25) is 0 Å². The molecule has 1 aromatic rings. The Morgan fingerprint density at radius 1 is 1.44 bits per heavy atom. The minimum Gasteiger partial charge on any atom is -0.472 e. The summed E-state index contributed by atoms with van der Waals surface area (Å²) in [7, 11) is 0. The maximum absolute atomic E-state index is 5.02. The van der Waals surface area contributed by atoms with Crippen LogP contribution in [0.25, 0.3) is 0 Å². The van der Waals surface area contributed by atoms with Crippen LogP contribution in [0.4, 0.5) is 0 Å². The summed E-state index contributed by atoms with van der Waals surface area (Å²) < 4.78 is 5.02. The van der Waals surface area contributed by atoms with Crippen molar-refractivity contribution in [3.63, 3.8) is 0 Å². The molecule has 0 bridgehead atoms. The van der Waals surface area contributed by atoms with Crippen molar-refractivity contribution < 1.29 is 4.42 Å². The molecule has 90 valence electrons. The molecule has 0 amide bonds. The number of piperidine rings is 1. The minimum atomic E-state index is 0.917. The molecule has 0 aromatic carbocycles. The van der Waals surface area contributed by atoms with Gasteiger partial charge in [-0.3, -0.25) is 0 Å². The third-order valence-corrected chi connectivity index (χ3v) is 3.39. The van der Waals surface area contributed by atoms with Crippen molar-refractivity contribution in [2.24, 2.45) is 5.92 Å². The van der Waals surface area contributed by atoms with Gasteiger partial charge in [0.15, 0.2) is 0 Å². The summed E-state index contributed by atoms with van der Waals surface area (Å²) in [5.74, 6) is 0.926. The molecule has 1 N–H and O–H groups in total. The Hall–Kier alpha value is -0.800. The van der Waals surface area contributed by atoms with Gasteiger partial charge in [-0.2, -0.15) is 0 Å². The Bertz CT molecular complexity index is 276. The van der Waals surface area contributed by atoms with Gasteiger partial charge in [-0.25, -0.2) is 0 Å². The highest BCUT2D eigenvalue weighted by atomic mass is 16.3. The van der Waals surface area contributed by atoms with Crippen molar-refractivity contribution in [3.8, 4) is 0 Å². The summed E-state index contributed by atoms with van der Waals surface area (Å²) in [5.41, 5.74) is 1.23. The summed E-state index contributed by atoms with van der Waals surface area (Å²) in [6.45, 7) is 8.06. The Morgan fingerprint density at radius 2 is 2.25 bits per heavy atom. The van der Waals surface area contributed by atoms with Gasteiger partial charge in [0, 0.05) is 25.2 Å². The molecular formula is C13H22N2O. The van der Waals surface area contributed by atoms with Gasteiger partial charge in [0.25, 0.3) is 0 Å². The fraction of sp³-hybridized carbons (Fsp3) is 0.692. The van der Waals surface area contributed by atoms with Gasteiger partial charge in [-0.15, -0.1) is 0 Å². The summed E-state index contributed by atoms with van der Waals surface area (Å²) in [5, 5.41) is 3.44. The van der Waals surface area contributed by atoms with Gasteiger partial charge in [-0.1, -0.05) is 6.92 Å². The van der Waals surface area contributed by atoms with Crippen LogP contribution in [0, 0.1) is 5.92 Å². The monoisotopic (exact) mass is 222 g/mol. The highest BCUT2D eigenvalue weighted by molar-refractivity contribution is 5.04. The zero-order valence-electron chi connectivity index (χ0n) is 10.1. The minimum absolute atomic E-state index is 0.917. The summed E-state index contributed by atoms with van der Waals surface area (Å²) in [4.78, 5) is 2.56. The van der Waals surface area contributed by atoms with Crippen LogP contribution in [-0.4, -0.2) is 31.1 Å². The SMILES string of the molecule is CC1CCN(CCNCc2ccoc2)CC1. The van der Waals surface area contributed by atoms with E-state index >= 15 is 0 Å². The molecule has 0 aliphatic carbocycles. The van der Waals surface area contributed by atoms with Gasteiger partial charge in [0.05, 0.1) is 12.5 Å². The molecule has 3 nitrogen and oxygen atoms in total. The van der Waals surface area contributed by atoms with Crippen molar-refractivity contribution in [2.45, 2.75) is 26.3 Å². The van der Waals surface area contributed by atoms with Crippen LogP contribution < -0.4 is 5.32 Å². The summed E-state index contributed by atoms with van der Waals surface area (Å²) in [6, 6.07) is 2.01. The van der Waals surface area contributed by atoms with Crippen LogP contribution in [0.5, 0.6) is 0 Å². The molecule has 1 aromatic heterocycles. The predicted octanol–water partition coefficient (Wildman–Crippen LogP) is 2.10. The second-order valence-corrected chi connectivity index (χ2v) is 4.83. The molecule has 1 saturated heterocycles. The van der Waals surface area contributed by atoms with E-state index < -0.39 is 0 Å². The third-order valence-electron chi connectivity index (χ3n) is 3.39. The Morgan fingerprint density at radius 3 is 2.94 bits per heavy atom. The van der Waals surface area contributed by atoms with E-state index in [9.17, 15) is 0 Å². The largest absolute Gasteiger partial charge is 0.472 e. The zero-order chi connectivity index (χ0) is 11.2. The molecular weight excluding hydrogens is 200 g/mol. The van der Waals surface area contributed by atoms with E-state index in [1.807, 2.05) is 6.07 Å². The Balaban J connectivity index is 1.55. The first-order valence-electron chi connectivity index (χ1n) is 6.29. The van der Waals surface area contributed by atoms with Crippen molar-refractivity contribution in [3.05, 3.63) is 24.2 Å². The van der Waals surface area contributed by atoms with Crippen LogP contribution >= 0.6 is 0 Å². The van der Waals surface area contributed by atoms with Crippen molar-refractivity contribution in [1.82, 2.24) is 10.2 Å². The molecule has 1 aliphatic heterocycles. The number of rotatable bonds is 5. The highest BCUT2D eigenvalue weighted by Crippen LogP contribution is 2.15. The Kier molecular flexibility index (Phi) is 4.43. The average Bonchev–Trinajstić information content (AvgIpc) is 2.80. The topological polar surface area (TPSA) is 28.4 Å². The van der Waals surface area contributed by atoms with Crippen molar-refractivity contribution in [1.29, 1.82) is 0 Å². The number of furan rings is 1. The number of nitrogens with one attached hydrogen (secondary N) is 1. The average molecular weight is 222 g/mol. The van der Waals surface area contributed by atoms with Crippen LogP contribution in [0.15, 0.2) is 23.0 Å². The molecule has 16 heavy (non-hydrogen) atoms. The maximum atomic E-state index is 5.02. The smallest absolute Gasteiger partial charge is 0.0947 e. The fourth-order valence-electron chi connectivity index (χ4n) is 2.15. The lowest BCUT2D eigenvalue weighted by molar-refractivity contribution is 0.193. The molecule has 1 aliphatic rings. The number of likely N-dealkylation sites (tertiary alicyclic amines) is 1. The molecule has 1 fully saturated rings. The first-order chi connectivity index (χ1) is 7.84. The lowest BCUT2D eigenvalue weighted by atomic mass is 9.99. The lowest BCUT2D eigenvalue weighted by Gasteiger charge is -2.30. The van der Waals surface area contributed by atoms with Gasteiger partial charge in [-0.05, 0) is 37.9 Å². The van der Waals surface area contributed by atoms with Gasteiger partial charge in [0.1, 0.15) is 0 Å². The fourth-order valence-corrected chi connectivity index (χ4v) is 2.15. The summed E-state index contributed by atoms with van der Waals surface area (Å²) >= 11 is 0. The highest BCUT2D eigenvalue weighted by Gasteiger charge is 2.14. The van der Waals surface area contributed by atoms with Crippen molar-refractivity contribution >= 4 is 0 Å². The first kappa shape index (κ1) is 11.7. The first-order valence-corrected chi connectivity index (χ1v) is 6.29. The quantitative estimate of drug-likeness (QED) is 0.773. The zero-order valence-corrected chi connectivity index (χ0v) is 10.1. The normalized spacial score (nSPS) is 19.1. The van der Waals surface area contributed by atoms with Crippen LogP contribution in [0.1, 0.15) is 25.3 Å². The number of hydrogen-bond acceptors (Lipinski definition) is 3. The van der Waals surface area contributed by atoms with E-state index in [1.165, 1.54) is 38.0 Å². The molecule has 0 unspecified atom stereocenters. The van der Waals surface area contributed by atoms with E-state index in [4.69, 9.17) is 4.42 Å². The second-order valence-electron chi connectivity index (χ2n) is 4.83.